The number of benzene rings is 1. The molecule has 0 amide bonds. The van der Waals surface area contributed by atoms with Gasteiger partial charge in [-0.15, -0.1) is 21.5 Å². The number of aromatic amines is 1. The monoisotopic (exact) mass is 378 g/mol. The van der Waals surface area contributed by atoms with Gasteiger partial charge in [0.1, 0.15) is 12.1 Å². The lowest BCUT2D eigenvalue weighted by Crippen LogP contribution is -2.01. The first-order valence-electron chi connectivity index (χ1n) is 8.86. The van der Waals surface area contributed by atoms with Crippen LogP contribution in [0.5, 0.6) is 5.75 Å². The summed E-state index contributed by atoms with van der Waals surface area (Å²) in [6.45, 7) is 4.87. The summed E-state index contributed by atoms with van der Waals surface area (Å²) in [5, 5.41) is 16.2. The van der Waals surface area contributed by atoms with Gasteiger partial charge in [-0.2, -0.15) is 5.10 Å². The van der Waals surface area contributed by atoms with E-state index in [1.807, 2.05) is 12.4 Å². The van der Waals surface area contributed by atoms with Crippen molar-refractivity contribution >= 4 is 11.3 Å². The van der Waals surface area contributed by atoms with E-state index in [1.165, 1.54) is 4.88 Å². The minimum absolute atomic E-state index is 0.284. The van der Waals surface area contributed by atoms with Crippen LogP contribution in [0.2, 0.25) is 0 Å². The van der Waals surface area contributed by atoms with Gasteiger partial charge in [0.2, 0.25) is 0 Å². The van der Waals surface area contributed by atoms with Gasteiger partial charge in [0.05, 0.1) is 18.5 Å². The van der Waals surface area contributed by atoms with Gasteiger partial charge in [-0.3, -0.25) is 5.10 Å². The van der Waals surface area contributed by atoms with Crippen molar-refractivity contribution in [1.82, 2.24) is 29.9 Å². The van der Waals surface area contributed by atoms with E-state index in [1.54, 1.807) is 17.7 Å². The highest BCUT2D eigenvalue weighted by atomic mass is 32.1. The van der Waals surface area contributed by atoms with Crippen molar-refractivity contribution in [2.75, 3.05) is 6.61 Å². The van der Waals surface area contributed by atoms with Crippen LogP contribution in [0.3, 0.4) is 0 Å². The van der Waals surface area contributed by atoms with Crippen LogP contribution >= 0.6 is 11.3 Å². The Balaban J connectivity index is 1.61. The maximum atomic E-state index is 6.02. The van der Waals surface area contributed by atoms with Gasteiger partial charge in [-0.1, -0.05) is 6.07 Å². The fourth-order valence-electron chi connectivity index (χ4n) is 3.28. The maximum Gasteiger partial charge on any atom is 0.193 e. The van der Waals surface area contributed by atoms with E-state index >= 15 is 0 Å². The molecule has 0 unspecified atom stereocenters. The smallest absolute Gasteiger partial charge is 0.193 e. The molecule has 27 heavy (non-hydrogen) atoms. The predicted molar refractivity (Wildman–Crippen MR) is 104 cm³/mol. The number of thiazole rings is 1. The second kappa shape index (κ2) is 6.31. The molecule has 4 aromatic rings. The molecule has 0 saturated carbocycles. The molecule has 4 heterocycles. The molecule has 1 aliphatic heterocycles. The van der Waals surface area contributed by atoms with Gasteiger partial charge in [-0.05, 0) is 31.5 Å². The highest BCUT2D eigenvalue weighted by Crippen LogP contribution is 2.41. The first-order chi connectivity index (χ1) is 13.2. The van der Waals surface area contributed by atoms with Crippen LogP contribution < -0.4 is 4.74 Å². The molecular formula is C19H18N6OS. The van der Waals surface area contributed by atoms with Crippen molar-refractivity contribution in [1.29, 1.82) is 0 Å². The van der Waals surface area contributed by atoms with E-state index < -0.39 is 0 Å². The molecule has 0 radical (unpaired) electrons. The molecular weight excluding hydrogens is 360 g/mol. The van der Waals surface area contributed by atoms with Crippen LogP contribution in [0.25, 0.3) is 33.2 Å². The molecule has 3 aromatic heterocycles. The summed E-state index contributed by atoms with van der Waals surface area (Å²) in [7, 11) is 0. The summed E-state index contributed by atoms with van der Waals surface area (Å²) in [5.41, 5.74) is 4.11. The molecule has 7 nitrogen and oxygen atoms in total. The molecule has 1 N–H and O–H groups in total. The van der Waals surface area contributed by atoms with E-state index in [-0.39, 0.29) is 6.04 Å². The Hall–Kier alpha value is -3.00. The zero-order chi connectivity index (χ0) is 18.4. The van der Waals surface area contributed by atoms with Crippen LogP contribution in [0.15, 0.2) is 36.9 Å². The van der Waals surface area contributed by atoms with Crippen LogP contribution in [-0.4, -0.2) is 36.6 Å². The molecule has 1 aliphatic rings. The Morgan fingerprint density at radius 1 is 1.26 bits per heavy atom. The Morgan fingerprint density at radius 2 is 2.19 bits per heavy atom. The zero-order valence-corrected chi connectivity index (χ0v) is 15.8. The van der Waals surface area contributed by atoms with Crippen molar-refractivity contribution in [2.24, 2.45) is 0 Å². The molecule has 0 atom stereocenters. The number of fused-ring (bicyclic) bond motifs is 3. The van der Waals surface area contributed by atoms with Crippen LogP contribution in [0, 0.1) is 0 Å². The minimum atomic E-state index is 0.284. The number of hydrogen-bond acceptors (Lipinski definition) is 6. The quantitative estimate of drug-likeness (QED) is 0.583. The summed E-state index contributed by atoms with van der Waals surface area (Å²) in [5.74, 6) is 1.68. The molecule has 0 fully saturated rings. The third kappa shape index (κ3) is 2.73. The Labute approximate surface area is 160 Å². The van der Waals surface area contributed by atoms with Crippen LogP contribution in [0.1, 0.15) is 24.8 Å². The fourth-order valence-corrected chi connectivity index (χ4v) is 4.33. The number of hydrogen-bond donors (Lipinski definition) is 1. The Morgan fingerprint density at radius 3 is 3.00 bits per heavy atom. The molecule has 0 spiro atoms. The van der Waals surface area contributed by atoms with Gasteiger partial charge in [-0.25, -0.2) is 4.98 Å². The van der Waals surface area contributed by atoms with Gasteiger partial charge in [0.25, 0.3) is 0 Å². The third-order valence-corrected chi connectivity index (χ3v) is 5.78. The summed E-state index contributed by atoms with van der Waals surface area (Å²) in [6, 6.07) is 6.51. The predicted octanol–water partition coefficient (Wildman–Crippen LogP) is 3.97. The van der Waals surface area contributed by atoms with E-state index in [4.69, 9.17) is 9.72 Å². The first kappa shape index (κ1) is 16.2. The molecule has 0 saturated heterocycles. The number of nitrogens with zero attached hydrogens (tertiary/aromatic N) is 5. The van der Waals surface area contributed by atoms with Gasteiger partial charge < -0.3 is 9.30 Å². The van der Waals surface area contributed by atoms with Gasteiger partial charge in [0.15, 0.2) is 10.8 Å². The maximum absolute atomic E-state index is 6.02. The van der Waals surface area contributed by atoms with Crippen molar-refractivity contribution in [2.45, 2.75) is 26.3 Å². The van der Waals surface area contributed by atoms with Crippen molar-refractivity contribution in [3.05, 3.63) is 41.8 Å². The second-order valence-corrected chi connectivity index (χ2v) is 7.83. The molecule has 1 aromatic carbocycles. The van der Waals surface area contributed by atoms with E-state index in [9.17, 15) is 0 Å². The summed E-state index contributed by atoms with van der Waals surface area (Å²) in [4.78, 5) is 6.15. The highest BCUT2D eigenvalue weighted by molar-refractivity contribution is 7.15. The lowest BCUT2D eigenvalue weighted by atomic mass is 10.0. The van der Waals surface area contributed by atoms with Gasteiger partial charge in [0, 0.05) is 34.7 Å². The van der Waals surface area contributed by atoms with Crippen molar-refractivity contribution < 1.29 is 4.74 Å². The summed E-state index contributed by atoms with van der Waals surface area (Å²) < 4.78 is 8.08. The highest BCUT2D eigenvalue weighted by Gasteiger charge is 2.23. The number of H-pyrrole nitrogens is 1. The lowest BCUT2D eigenvalue weighted by molar-refractivity contribution is 0.327. The third-order valence-electron chi connectivity index (χ3n) is 4.67. The average molecular weight is 378 g/mol. The van der Waals surface area contributed by atoms with E-state index in [2.05, 4.69) is 57.0 Å². The number of aromatic nitrogens is 6. The molecule has 136 valence electrons. The number of ether oxygens (including phenoxy) is 1. The topological polar surface area (TPSA) is 81.5 Å². The average Bonchev–Trinajstić information content (AvgIpc) is 3.40. The van der Waals surface area contributed by atoms with E-state index in [0.717, 1.165) is 45.4 Å². The normalized spacial score (nSPS) is 13.1. The second-order valence-electron chi connectivity index (χ2n) is 6.74. The number of rotatable bonds is 3. The molecule has 5 rings (SSSR count). The largest absolute Gasteiger partial charge is 0.492 e. The SMILES string of the molecule is CC(C)n1cnnc1-c1nc2c(s1)CCOc1cc(-c3cn[nH]c3)ccc1-2. The summed E-state index contributed by atoms with van der Waals surface area (Å²) >= 11 is 1.67. The van der Waals surface area contributed by atoms with Crippen molar-refractivity contribution in [3.8, 4) is 39.0 Å². The molecule has 0 bridgehead atoms. The van der Waals surface area contributed by atoms with Crippen molar-refractivity contribution in [3.63, 3.8) is 0 Å². The van der Waals surface area contributed by atoms with Crippen LogP contribution in [-0.2, 0) is 6.42 Å². The zero-order valence-electron chi connectivity index (χ0n) is 15.0. The van der Waals surface area contributed by atoms with Gasteiger partial charge >= 0.3 is 0 Å². The minimum Gasteiger partial charge on any atom is -0.492 e. The van der Waals surface area contributed by atoms with Crippen LogP contribution in [0.4, 0.5) is 0 Å². The fraction of sp³-hybridized carbons (Fsp3) is 0.263. The van der Waals surface area contributed by atoms with E-state index in [0.29, 0.717) is 6.61 Å². The Kier molecular flexibility index (Phi) is 3.78. The lowest BCUT2D eigenvalue weighted by Gasteiger charge is -2.09. The first-order valence-corrected chi connectivity index (χ1v) is 9.68. The molecule has 0 aliphatic carbocycles. The standard InChI is InChI=1S/C19H18N6OS/c1-11(2)25-10-22-24-18(25)19-23-17-14-4-3-12(13-8-20-21-9-13)7-15(14)26-6-5-16(17)27-19/h3-4,7-11H,5-6H2,1-2H3,(H,20,21). The molecule has 8 heteroatoms. The Bertz CT molecular complexity index is 1100. The number of nitrogens with one attached hydrogen (secondary N) is 1. The summed E-state index contributed by atoms with van der Waals surface area (Å²) in [6.07, 6.45) is 6.28.